The van der Waals surface area contributed by atoms with Crippen LogP contribution >= 0.6 is 0 Å². The maximum atomic E-state index is 12.1. The molecule has 3 nitrogen and oxygen atoms in total. The molecule has 20 heavy (non-hydrogen) atoms. The van der Waals surface area contributed by atoms with Gasteiger partial charge in [-0.25, -0.2) is 0 Å². The van der Waals surface area contributed by atoms with E-state index in [1.165, 1.54) is 12.1 Å². The summed E-state index contributed by atoms with van der Waals surface area (Å²) in [6, 6.07) is 5.10. The van der Waals surface area contributed by atoms with Crippen LogP contribution in [0.15, 0.2) is 24.3 Å². The van der Waals surface area contributed by atoms with Crippen molar-refractivity contribution < 1.29 is 25.8 Å². The van der Waals surface area contributed by atoms with E-state index in [2.05, 4.69) is 15.6 Å². The molecule has 1 rings (SSSR count). The van der Waals surface area contributed by atoms with Crippen LogP contribution in [0, 0.1) is 11.5 Å². The Hall–Kier alpha value is -1.46. The van der Waals surface area contributed by atoms with Crippen molar-refractivity contribution in [2.75, 3.05) is 0 Å². The predicted octanol–water partition coefficient (Wildman–Crippen LogP) is 3.14. The Labute approximate surface area is 116 Å². The molecule has 0 aromatic heterocycles. The lowest BCUT2D eigenvalue weighted by Gasteiger charge is -2.09. The second-order valence-electron chi connectivity index (χ2n) is 5.01. The average Bonchev–Trinajstić information content (AvgIpc) is 2.25. The van der Waals surface area contributed by atoms with Crippen LogP contribution in [0.1, 0.15) is 5.56 Å². The van der Waals surface area contributed by atoms with E-state index in [-0.39, 0.29) is 0 Å². The molecule has 0 unspecified atom stereocenters. The summed E-state index contributed by atoms with van der Waals surface area (Å²) in [6.45, 7) is 6.15. The van der Waals surface area contributed by atoms with Crippen molar-refractivity contribution in [1.82, 2.24) is 0 Å². The summed E-state index contributed by atoms with van der Waals surface area (Å²) in [5, 5.41) is 0. The van der Waals surface area contributed by atoms with Crippen molar-refractivity contribution in [1.29, 1.82) is 0 Å². The molecule has 0 fully saturated rings. The van der Waals surface area contributed by atoms with Gasteiger partial charge in [0.05, 0.1) is 0 Å². The van der Waals surface area contributed by atoms with Crippen molar-refractivity contribution >= 4 is 18.2 Å². The van der Waals surface area contributed by atoms with E-state index in [9.17, 15) is 21.6 Å². The maximum absolute atomic E-state index is 12.1. The van der Waals surface area contributed by atoms with Gasteiger partial charge in [-0.15, -0.1) is 5.54 Å². The largest absolute Gasteiger partial charge is 0.534 e. The number of alkyl halides is 3. The van der Waals surface area contributed by atoms with Gasteiger partial charge in [0.1, 0.15) is 13.8 Å². The maximum Gasteiger partial charge on any atom is 0.534 e. The van der Waals surface area contributed by atoms with Gasteiger partial charge in [-0.3, -0.25) is 0 Å². The van der Waals surface area contributed by atoms with E-state index < -0.39 is 29.4 Å². The fraction of sp³-hybridized carbons (Fsp3) is 0.333. The number of hydrogen-bond acceptors (Lipinski definition) is 3. The Morgan fingerprint density at radius 1 is 1.10 bits per heavy atom. The fourth-order valence-electron chi connectivity index (χ4n) is 1.03. The summed E-state index contributed by atoms with van der Waals surface area (Å²) in [4.78, 5) is 0. The van der Waals surface area contributed by atoms with Crippen LogP contribution < -0.4 is 4.18 Å². The van der Waals surface area contributed by atoms with Gasteiger partial charge in [-0.1, -0.05) is 25.6 Å². The molecule has 1 aromatic carbocycles. The highest BCUT2D eigenvalue weighted by atomic mass is 32.2. The zero-order chi connectivity index (χ0) is 15.6. The zero-order valence-corrected chi connectivity index (χ0v) is 12.9. The molecule has 0 atom stereocenters. The standard InChI is InChI=1S/C12H13F3O3SSi/c1-20(2,3)9-8-10-4-6-11(7-5-10)18-19(16,17)12(13,14)15/h4-7H,1-3H3. The molecular weight excluding hydrogens is 309 g/mol. The van der Waals surface area contributed by atoms with E-state index in [0.717, 1.165) is 12.1 Å². The second kappa shape index (κ2) is 5.50. The Morgan fingerprint density at radius 2 is 1.60 bits per heavy atom. The molecule has 0 bridgehead atoms. The molecule has 8 heteroatoms. The van der Waals surface area contributed by atoms with Crippen molar-refractivity contribution in [2.45, 2.75) is 25.1 Å². The molecule has 0 amide bonds. The Kier molecular flexibility index (Phi) is 4.56. The quantitative estimate of drug-likeness (QED) is 0.364. The molecule has 110 valence electrons. The first-order valence-electron chi connectivity index (χ1n) is 5.55. The minimum absolute atomic E-state index is 0.402. The predicted molar refractivity (Wildman–Crippen MR) is 72.3 cm³/mol. The van der Waals surface area contributed by atoms with Crippen molar-refractivity contribution in [3.63, 3.8) is 0 Å². The van der Waals surface area contributed by atoms with Gasteiger partial charge in [-0.05, 0) is 24.3 Å². The lowest BCUT2D eigenvalue weighted by molar-refractivity contribution is -0.0500. The Morgan fingerprint density at radius 3 is 2.00 bits per heavy atom. The molecule has 1 aromatic rings. The lowest BCUT2D eigenvalue weighted by Crippen LogP contribution is -2.28. The van der Waals surface area contributed by atoms with E-state index in [4.69, 9.17) is 0 Å². The van der Waals surface area contributed by atoms with E-state index >= 15 is 0 Å². The van der Waals surface area contributed by atoms with Gasteiger partial charge in [0.2, 0.25) is 0 Å². The Balaban J connectivity index is 2.91. The van der Waals surface area contributed by atoms with Gasteiger partial charge in [0.15, 0.2) is 0 Å². The number of halogens is 3. The summed E-state index contributed by atoms with van der Waals surface area (Å²) in [5.74, 6) is 2.49. The van der Waals surface area contributed by atoms with Gasteiger partial charge in [-0.2, -0.15) is 21.6 Å². The van der Waals surface area contributed by atoms with Crippen molar-refractivity contribution in [3.05, 3.63) is 29.8 Å². The monoisotopic (exact) mass is 322 g/mol. The highest BCUT2D eigenvalue weighted by molar-refractivity contribution is 7.88. The van der Waals surface area contributed by atoms with Crippen LogP contribution in [0.2, 0.25) is 19.6 Å². The van der Waals surface area contributed by atoms with Gasteiger partial charge < -0.3 is 4.18 Å². The second-order valence-corrected chi connectivity index (χ2v) is 11.3. The van der Waals surface area contributed by atoms with Crippen molar-refractivity contribution in [3.8, 4) is 17.2 Å². The molecule has 0 aliphatic rings. The summed E-state index contributed by atoms with van der Waals surface area (Å²) in [6.07, 6.45) is 0. The smallest absolute Gasteiger partial charge is 0.376 e. The molecular formula is C12H13F3O3SSi. The average molecular weight is 322 g/mol. The molecule has 0 N–H and O–H groups in total. The molecule has 0 heterocycles. The summed E-state index contributed by atoms with van der Waals surface area (Å²) >= 11 is 0. The minimum atomic E-state index is -5.63. The van der Waals surface area contributed by atoms with E-state index in [0.29, 0.717) is 5.56 Å². The molecule has 0 aliphatic heterocycles. The summed E-state index contributed by atoms with van der Waals surface area (Å²) in [7, 11) is -7.18. The third-order valence-electron chi connectivity index (χ3n) is 1.93. The van der Waals surface area contributed by atoms with E-state index in [1.807, 2.05) is 19.6 Å². The summed E-state index contributed by atoms with van der Waals surface area (Å²) < 4.78 is 61.9. The minimum Gasteiger partial charge on any atom is -0.376 e. The third kappa shape index (κ3) is 4.90. The first-order chi connectivity index (χ1) is 8.91. The topological polar surface area (TPSA) is 43.4 Å². The summed E-state index contributed by atoms with van der Waals surface area (Å²) in [5.41, 5.74) is -1.77. The van der Waals surface area contributed by atoms with Crippen LogP contribution in [0.25, 0.3) is 0 Å². The van der Waals surface area contributed by atoms with Crippen LogP contribution in [0.3, 0.4) is 0 Å². The first-order valence-corrected chi connectivity index (χ1v) is 10.5. The molecule has 0 radical (unpaired) electrons. The fourth-order valence-corrected chi connectivity index (χ4v) is 2.01. The SMILES string of the molecule is C[Si](C)(C)C#Cc1ccc(OS(=O)(=O)C(F)(F)F)cc1. The third-order valence-corrected chi connectivity index (χ3v) is 3.78. The van der Waals surface area contributed by atoms with Gasteiger partial charge >= 0.3 is 15.6 Å². The van der Waals surface area contributed by atoms with Crippen LogP contribution in [0.5, 0.6) is 5.75 Å². The molecule has 0 aliphatic carbocycles. The van der Waals surface area contributed by atoms with E-state index in [1.54, 1.807) is 0 Å². The van der Waals surface area contributed by atoms with Crippen molar-refractivity contribution in [2.24, 2.45) is 0 Å². The normalized spacial score (nSPS) is 12.5. The number of hydrogen-bond donors (Lipinski definition) is 0. The van der Waals surface area contributed by atoms with Crippen LogP contribution in [0.4, 0.5) is 13.2 Å². The number of benzene rings is 1. The molecule has 0 saturated carbocycles. The molecule has 0 spiro atoms. The highest BCUT2D eigenvalue weighted by Gasteiger charge is 2.48. The lowest BCUT2D eigenvalue weighted by atomic mass is 10.2. The van der Waals surface area contributed by atoms with Gasteiger partial charge in [0.25, 0.3) is 0 Å². The van der Waals surface area contributed by atoms with Crippen LogP contribution in [-0.2, 0) is 10.1 Å². The van der Waals surface area contributed by atoms with Crippen LogP contribution in [-0.4, -0.2) is 22.0 Å². The first kappa shape index (κ1) is 16.6. The van der Waals surface area contributed by atoms with Gasteiger partial charge in [0, 0.05) is 5.56 Å². The number of rotatable bonds is 2. The Bertz CT molecular complexity index is 632. The molecule has 0 saturated heterocycles. The highest BCUT2D eigenvalue weighted by Crippen LogP contribution is 2.26. The zero-order valence-electron chi connectivity index (χ0n) is 11.1.